The van der Waals surface area contributed by atoms with Crippen molar-refractivity contribution >= 4 is 0 Å². The van der Waals surface area contributed by atoms with Crippen LogP contribution in [0.2, 0.25) is 0 Å². The number of pyridine rings is 1. The van der Waals surface area contributed by atoms with Gasteiger partial charge in [-0.25, -0.2) is 0 Å². The quantitative estimate of drug-likeness (QED) is 0.713. The largest absolute Gasteiger partial charge is 0.385 e. The van der Waals surface area contributed by atoms with Crippen molar-refractivity contribution in [3.8, 4) is 0 Å². The third-order valence-corrected chi connectivity index (χ3v) is 2.88. The van der Waals surface area contributed by atoms with E-state index in [0.29, 0.717) is 0 Å². The molecular formula is C11H15NO. The van der Waals surface area contributed by atoms with E-state index < -0.39 is 5.60 Å². The van der Waals surface area contributed by atoms with Gasteiger partial charge in [-0.05, 0) is 18.9 Å². The second-order valence-electron chi connectivity index (χ2n) is 3.83. The highest BCUT2D eigenvalue weighted by Crippen LogP contribution is 2.36. The van der Waals surface area contributed by atoms with Gasteiger partial charge < -0.3 is 5.11 Å². The van der Waals surface area contributed by atoms with Crippen LogP contribution in [-0.2, 0) is 5.60 Å². The van der Waals surface area contributed by atoms with Gasteiger partial charge in [-0.2, -0.15) is 0 Å². The van der Waals surface area contributed by atoms with Crippen molar-refractivity contribution in [2.45, 2.75) is 37.7 Å². The molecule has 0 aliphatic heterocycles. The van der Waals surface area contributed by atoms with Crippen molar-refractivity contribution in [2.24, 2.45) is 0 Å². The summed E-state index contributed by atoms with van der Waals surface area (Å²) in [6.07, 6.45) is 8.82. The van der Waals surface area contributed by atoms with Crippen LogP contribution in [0.4, 0.5) is 0 Å². The van der Waals surface area contributed by atoms with Crippen molar-refractivity contribution in [3.63, 3.8) is 0 Å². The molecule has 0 amide bonds. The van der Waals surface area contributed by atoms with E-state index in [1.54, 1.807) is 12.4 Å². The van der Waals surface area contributed by atoms with E-state index in [-0.39, 0.29) is 0 Å². The highest BCUT2D eigenvalue weighted by molar-refractivity contribution is 5.18. The van der Waals surface area contributed by atoms with Crippen LogP contribution in [0, 0.1) is 0 Å². The zero-order chi connectivity index (χ0) is 9.15. The molecule has 1 saturated carbocycles. The highest BCUT2D eigenvalue weighted by Gasteiger charge is 2.30. The Kier molecular flexibility index (Phi) is 2.32. The predicted octanol–water partition coefficient (Wildman–Crippen LogP) is 2.23. The Morgan fingerprint density at radius 3 is 2.62 bits per heavy atom. The van der Waals surface area contributed by atoms with Gasteiger partial charge in [-0.1, -0.05) is 25.3 Å². The summed E-state index contributed by atoms with van der Waals surface area (Å²) in [5.41, 5.74) is 0.390. The van der Waals surface area contributed by atoms with Crippen molar-refractivity contribution in [1.82, 2.24) is 4.98 Å². The zero-order valence-electron chi connectivity index (χ0n) is 7.74. The van der Waals surface area contributed by atoms with Crippen LogP contribution in [0.15, 0.2) is 24.5 Å². The number of aromatic nitrogens is 1. The molecule has 1 aliphatic rings. The van der Waals surface area contributed by atoms with E-state index in [2.05, 4.69) is 4.98 Å². The van der Waals surface area contributed by atoms with Gasteiger partial charge in [0, 0.05) is 18.0 Å². The Balaban J connectivity index is 2.23. The zero-order valence-corrected chi connectivity index (χ0v) is 7.74. The molecule has 0 spiro atoms. The molecule has 1 heterocycles. The molecular weight excluding hydrogens is 162 g/mol. The molecule has 2 rings (SSSR count). The van der Waals surface area contributed by atoms with Crippen LogP contribution in [0.1, 0.15) is 37.7 Å². The maximum absolute atomic E-state index is 10.3. The van der Waals surface area contributed by atoms with Crippen molar-refractivity contribution in [2.75, 3.05) is 0 Å². The topological polar surface area (TPSA) is 33.1 Å². The van der Waals surface area contributed by atoms with Gasteiger partial charge in [0.15, 0.2) is 0 Å². The fourth-order valence-electron chi connectivity index (χ4n) is 2.06. The number of rotatable bonds is 1. The number of hydrogen-bond donors (Lipinski definition) is 1. The summed E-state index contributed by atoms with van der Waals surface area (Å²) in [5, 5.41) is 10.3. The number of aliphatic hydroxyl groups is 1. The van der Waals surface area contributed by atoms with Gasteiger partial charge in [0.1, 0.15) is 0 Å². The van der Waals surface area contributed by atoms with Gasteiger partial charge in [0.05, 0.1) is 5.60 Å². The van der Waals surface area contributed by atoms with Gasteiger partial charge >= 0.3 is 0 Å². The molecule has 1 aromatic heterocycles. The second kappa shape index (κ2) is 3.46. The Morgan fingerprint density at radius 2 is 2.00 bits per heavy atom. The van der Waals surface area contributed by atoms with Crippen LogP contribution in [0.25, 0.3) is 0 Å². The van der Waals surface area contributed by atoms with Crippen LogP contribution >= 0.6 is 0 Å². The lowest BCUT2D eigenvalue weighted by Crippen LogP contribution is -2.28. The van der Waals surface area contributed by atoms with Crippen LogP contribution in [0.3, 0.4) is 0 Å². The summed E-state index contributed by atoms with van der Waals surface area (Å²) in [6.45, 7) is 0. The minimum absolute atomic E-state index is 0.591. The molecule has 2 nitrogen and oxygen atoms in total. The molecule has 1 N–H and O–H groups in total. The maximum atomic E-state index is 10.3. The molecule has 70 valence electrons. The van der Waals surface area contributed by atoms with Crippen molar-refractivity contribution < 1.29 is 5.11 Å². The summed E-state index contributed by atoms with van der Waals surface area (Å²) in [5.74, 6) is 0. The normalized spacial score (nSPS) is 21.3. The Hall–Kier alpha value is -0.890. The van der Waals surface area contributed by atoms with E-state index >= 15 is 0 Å². The third kappa shape index (κ3) is 1.73. The van der Waals surface area contributed by atoms with Gasteiger partial charge in [-0.3, -0.25) is 4.98 Å². The van der Waals surface area contributed by atoms with Crippen LogP contribution in [-0.4, -0.2) is 10.1 Å². The minimum atomic E-state index is -0.591. The summed E-state index contributed by atoms with van der Waals surface area (Å²) in [7, 11) is 0. The summed E-state index contributed by atoms with van der Waals surface area (Å²) < 4.78 is 0. The highest BCUT2D eigenvalue weighted by atomic mass is 16.3. The predicted molar refractivity (Wildman–Crippen MR) is 51.2 cm³/mol. The molecule has 1 aromatic rings. The molecule has 1 aliphatic carbocycles. The van der Waals surface area contributed by atoms with Gasteiger partial charge in [0.2, 0.25) is 0 Å². The first kappa shape index (κ1) is 8.70. The summed E-state index contributed by atoms with van der Waals surface area (Å²) in [4.78, 5) is 4.05. The molecule has 0 radical (unpaired) electrons. The molecule has 0 aromatic carbocycles. The Bertz CT molecular complexity index is 265. The monoisotopic (exact) mass is 177 g/mol. The molecule has 0 unspecified atom stereocenters. The van der Waals surface area contributed by atoms with Crippen molar-refractivity contribution in [3.05, 3.63) is 30.1 Å². The fourth-order valence-corrected chi connectivity index (χ4v) is 2.06. The van der Waals surface area contributed by atoms with E-state index in [9.17, 15) is 5.11 Å². The molecule has 1 fully saturated rings. The summed E-state index contributed by atoms with van der Waals surface area (Å²) in [6, 6.07) is 3.86. The minimum Gasteiger partial charge on any atom is -0.385 e. The lowest BCUT2D eigenvalue weighted by molar-refractivity contribution is -0.000922. The number of nitrogens with zero attached hydrogens (tertiary/aromatic N) is 1. The first-order valence-electron chi connectivity index (χ1n) is 4.94. The molecule has 0 atom stereocenters. The standard InChI is InChI=1S/C11H15NO/c13-11(6-2-1-3-7-11)10-5-4-8-12-9-10/h4-5,8-9,13H,1-3,6-7H2. The molecule has 0 bridgehead atoms. The average Bonchev–Trinajstić information content (AvgIpc) is 2.20. The van der Waals surface area contributed by atoms with Crippen molar-refractivity contribution in [1.29, 1.82) is 0 Å². The number of hydrogen-bond acceptors (Lipinski definition) is 2. The molecule has 0 saturated heterocycles. The average molecular weight is 177 g/mol. The van der Waals surface area contributed by atoms with Gasteiger partial charge in [-0.15, -0.1) is 0 Å². The third-order valence-electron chi connectivity index (χ3n) is 2.88. The van der Waals surface area contributed by atoms with Crippen LogP contribution < -0.4 is 0 Å². The summed E-state index contributed by atoms with van der Waals surface area (Å²) >= 11 is 0. The SMILES string of the molecule is OC1(c2cccnc2)CCCCC1. The Morgan fingerprint density at radius 1 is 1.23 bits per heavy atom. The fraction of sp³-hybridized carbons (Fsp3) is 0.545. The lowest BCUT2D eigenvalue weighted by Gasteiger charge is -2.32. The lowest BCUT2D eigenvalue weighted by atomic mass is 9.80. The molecule has 2 heteroatoms. The first-order valence-corrected chi connectivity index (χ1v) is 4.94. The second-order valence-corrected chi connectivity index (χ2v) is 3.83. The first-order chi connectivity index (χ1) is 6.31. The smallest absolute Gasteiger partial charge is 0.0911 e. The van der Waals surface area contributed by atoms with E-state index in [1.165, 1.54) is 6.42 Å². The maximum Gasteiger partial charge on any atom is 0.0911 e. The Labute approximate surface area is 78.6 Å². The van der Waals surface area contributed by atoms with E-state index in [0.717, 1.165) is 31.2 Å². The van der Waals surface area contributed by atoms with E-state index in [1.807, 2.05) is 12.1 Å². The van der Waals surface area contributed by atoms with Gasteiger partial charge in [0.25, 0.3) is 0 Å². The van der Waals surface area contributed by atoms with Crippen LogP contribution in [0.5, 0.6) is 0 Å². The molecule has 13 heavy (non-hydrogen) atoms. The van der Waals surface area contributed by atoms with E-state index in [4.69, 9.17) is 0 Å².